The van der Waals surface area contributed by atoms with Crippen molar-refractivity contribution in [2.75, 3.05) is 31.2 Å². The van der Waals surface area contributed by atoms with Crippen LogP contribution in [0.1, 0.15) is 19.8 Å². The molecule has 0 amide bonds. The van der Waals surface area contributed by atoms with E-state index in [1.165, 1.54) is 12.2 Å². The number of aliphatic imine (C=N–C) groups is 1. The molecule has 1 aromatic heterocycles. The second-order valence-corrected chi connectivity index (χ2v) is 6.14. The number of hydrogen-bond donors (Lipinski definition) is 4. The number of aliphatic hydroxyl groups is 1. The lowest BCUT2D eigenvalue weighted by atomic mass is 10.1. The lowest BCUT2D eigenvalue weighted by molar-refractivity contribution is 0.149. The molecule has 1 aromatic rings. The fourth-order valence-electron chi connectivity index (χ4n) is 3.12. The van der Waals surface area contributed by atoms with E-state index in [1.54, 1.807) is 4.68 Å². The summed E-state index contributed by atoms with van der Waals surface area (Å²) < 4.78 is 7.17. The number of ether oxygens (including phenoxy) is 1. The molecule has 1 saturated heterocycles. The maximum Gasteiger partial charge on any atom is 0.292 e. The monoisotopic (exact) mass is 360 g/mol. The van der Waals surface area contributed by atoms with Gasteiger partial charge in [-0.3, -0.25) is 20.0 Å². The van der Waals surface area contributed by atoms with Gasteiger partial charge >= 0.3 is 0 Å². The lowest BCUT2D eigenvalue weighted by Gasteiger charge is -2.20. The number of aromatic nitrogens is 2. The Balaban J connectivity index is 2.03. The number of nitrogens with zero attached hydrogens (tertiary/aromatic N) is 3. The summed E-state index contributed by atoms with van der Waals surface area (Å²) in [7, 11) is 0. The number of hydrogen-bond acceptors (Lipinski definition) is 7. The Morgan fingerprint density at radius 1 is 1.38 bits per heavy atom. The van der Waals surface area contributed by atoms with Crippen LogP contribution in [0.25, 0.3) is 0 Å². The minimum Gasteiger partial charge on any atom is -0.489 e. The number of anilines is 1. The zero-order valence-electron chi connectivity index (χ0n) is 14.8. The van der Waals surface area contributed by atoms with Crippen LogP contribution < -0.4 is 16.2 Å². The topological polar surface area (TPSA) is 133 Å². The van der Waals surface area contributed by atoms with E-state index in [1.807, 2.05) is 6.92 Å². The largest absolute Gasteiger partial charge is 0.489 e. The van der Waals surface area contributed by atoms with E-state index in [9.17, 15) is 4.79 Å². The number of rotatable bonds is 6. The van der Waals surface area contributed by atoms with Crippen molar-refractivity contribution >= 4 is 22.9 Å². The van der Waals surface area contributed by atoms with Crippen molar-refractivity contribution < 1.29 is 9.84 Å². The second kappa shape index (κ2) is 7.61. The summed E-state index contributed by atoms with van der Waals surface area (Å²) in [4.78, 5) is 19.1. The van der Waals surface area contributed by atoms with Gasteiger partial charge in [0.1, 0.15) is 12.4 Å². The van der Waals surface area contributed by atoms with Gasteiger partial charge in [-0.1, -0.05) is 0 Å². The summed E-state index contributed by atoms with van der Waals surface area (Å²) in [6.45, 7) is 4.27. The van der Waals surface area contributed by atoms with Gasteiger partial charge in [-0.2, -0.15) is 0 Å². The quantitative estimate of drug-likeness (QED) is 0.553. The highest BCUT2D eigenvalue weighted by Gasteiger charge is 2.24. The van der Waals surface area contributed by atoms with Crippen LogP contribution in [0.2, 0.25) is 0 Å². The molecular formula is C17H24N6O3. The molecular weight excluding hydrogens is 336 g/mol. The first-order chi connectivity index (χ1) is 12.5. The first kappa shape index (κ1) is 18.0. The average molecular weight is 360 g/mol. The molecule has 140 valence electrons. The zero-order chi connectivity index (χ0) is 18.7. The molecule has 9 nitrogen and oxygen atoms in total. The van der Waals surface area contributed by atoms with Gasteiger partial charge in [-0.05, 0) is 25.8 Å². The first-order valence-corrected chi connectivity index (χ1v) is 8.73. The predicted octanol–water partition coefficient (Wildman–Crippen LogP) is 0.638. The molecule has 0 spiro atoms. The molecule has 0 radical (unpaired) electrons. The Hall–Kier alpha value is -2.81. The Kier molecular flexibility index (Phi) is 5.27. The molecule has 2 aliphatic rings. The van der Waals surface area contributed by atoms with Crippen LogP contribution in [0.15, 0.2) is 33.4 Å². The van der Waals surface area contributed by atoms with Crippen molar-refractivity contribution in [3.8, 4) is 0 Å². The van der Waals surface area contributed by atoms with E-state index in [2.05, 4.69) is 15.0 Å². The molecule has 5 N–H and O–H groups in total. The number of nitrogens with one attached hydrogen (secondary N) is 2. The third-order valence-electron chi connectivity index (χ3n) is 4.35. The average Bonchev–Trinajstić information content (AvgIpc) is 3.24. The predicted molar refractivity (Wildman–Crippen MR) is 100 cm³/mol. The Morgan fingerprint density at radius 2 is 2.12 bits per heavy atom. The number of aromatic amines is 1. The van der Waals surface area contributed by atoms with E-state index in [0.717, 1.165) is 31.7 Å². The van der Waals surface area contributed by atoms with Gasteiger partial charge in [0.05, 0.1) is 23.7 Å². The summed E-state index contributed by atoms with van der Waals surface area (Å²) in [5.74, 6) is 1.09. The summed E-state index contributed by atoms with van der Waals surface area (Å²) in [6.07, 6.45) is 5.12. The smallest absolute Gasteiger partial charge is 0.292 e. The highest BCUT2D eigenvalue weighted by molar-refractivity contribution is 6.50. The molecule has 3 rings (SSSR count). The van der Waals surface area contributed by atoms with Gasteiger partial charge in [0, 0.05) is 25.7 Å². The van der Waals surface area contributed by atoms with Crippen molar-refractivity contribution in [2.45, 2.75) is 26.3 Å². The fourth-order valence-corrected chi connectivity index (χ4v) is 3.12. The van der Waals surface area contributed by atoms with Crippen molar-refractivity contribution in [1.29, 1.82) is 5.41 Å². The highest BCUT2D eigenvalue weighted by Crippen LogP contribution is 2.29. The summed E-state index contributed by atoms with van der Waals surface area (Å²) in [5.41, 5.74) is 6.56. The van der Waals surface area contributed by atoms with Gasteiger partial charge in [-0.15, -0.1) is 0 Å². The van der Waals surface area contributed by atoms with E-state index in [4.69, 9.17) is 21.0 Å². The Labute approximate surface area is 151 Å². The minimum absolute atomic E-state index is 0.0901. The molecule has 0 aromatic carbocycles. The molecule has 2 heterocycles. The molecule has 9 heteroatoms. The van der Waals surface area contributed by atoms with Crippen molar-refractivity contribution in [1.82, 2.24) is 9.78 Å². The molecule has 0 bridgehead atoms. The van der Waals surface area contributed by atoms with E-state index >= 15 is 0 Å². The first-order valence-electron chi connectivity index (χ1n) is 8.73. The van der Waals surface area contributed by atoms with Crippen molar-refractivity contribution in [2.24, 2.45) is 10.7 Å². The van der Waals surface area contributed by atoms with E-state index in [-0.39, 0.29) is 24.5 Å². The SMILES string of the molecule is CCn1[nH]c(=O)c(N=C2C=C(OCCO)C(N)=CC2=N)c1N1CCCC1. The molecule has 0 atom stereocenters. The summed E-state index contributed by atoms with van der Waals surface area (Å²) in [6, 6.07) is 0. The number of aliphatic hydroxyl groups excluding tert-OH is 1. The van der Waals surface area contributed by atoms with Gasteiger partial charge in [0.2, 0.25) is 0 Å². The van der Waals surface area contributed by atoms with E-state index < -0.39 is 0 Å². The van der Waals surface area contributed by atoms with Crippen LogP contribution in [0.4, 0.5) is 11.5 Å². The van der Waals surface area contributed by atoms with Crippen LogP contribution >= 0.6 is 0 Å². The fraction of sp³-hybridized carbons (Fsp3) is 0.471. The molecule has 0 unspecified atom stereocenters. The maximum absolute atomic E-state index is 12.5. The second-order valence-electron chi connectivity index (χ2n) is 6.14. The van der Waals surface area contributed by atoms with Crippen molar-refractivity contribution in [3.63, 3.8) is 0 Å². The normalized spacial score (nSPS) is 19.1. The third kappa shape index (κ3) is 3.43. The van der Waals surface area contributed by atoms with Crippen molar-refractivity contribution in [3.05, 3.63) is 34.0 Å². The molecule has 1 aliphatic carbocycles. The van der Waals surface area contributed by atoms with Gasteiger partial charge in [0.15, 0.2) is 11.5 Å². The van der Waals surface area contributed by atoms with Crippen LogP contribution in [-0.2, 0) is 11.3 Å². The van der Waals surface area contributed by atoms with Crippen LogP contribution in [0.3, 0.4) is 0 Å². The summed E-state index contributed by atoms with van der Waals surface area (Å²) >= 11 is 0. The van der Waals surface area contributed by atoms with E-state index in [0.29, 0.717) is 29.4 Å². The van der Waals surface area contributed by atoms with Crippen LogP contribution in [0, 0.1) is 5.41 Å². The standard InChI is InChI=1S/C17H24N6O3/c1-2-23-17(22-5-3-4-6-22)15(16(25)21-23)20-13-10-14(26-8-7-24)12(19)9-11(13)18/h9-10,18,24H,2-8,19H2,1H3,(H,21,25). The molecule has 1 fully saturated rings. The van der Waals surface area contributed by atoms with Crippen LogP contribution in [0.5, 0.6) is 0 Å². The number of H-pyrrole nitrogens is 1. The Morgan fingerprint density at radius 3 is 2.77 bits per heavy atom. The molecule has 26 heavy (non-hydrogen) atoms. The van der Waals surface area contributed by atoms with Gasteiger partial charge in [0.25, 0.3) is 5.56 Å². The molecule has 0 saturated carbocycles. The number of aryl methyl sites for hydroxylation is 1. The molecule has 1 aliphatic heterocycles. The maximum atomic E-state index is 12.5. The number of allylic oxidation sites excluding steroid dienone is 2. The lowest BCUT2D eigenvalue weighted by Crippen LogP contribution is -2.22. The highest BCUT2D eigenvalue weighted by atomic mass is 16.5. The number of nitrogens with two attached hydrogens (primary N) is 1. The minimum atomic E-state index is -0.289. The van der Waals surface area contributed by atoms with Gasteiger partial charge < -0.3 is 20.5 Å². The Bertz CT molecular complexity index is 839. The van der Waals surface area contributed by atoms with Crippen LogP contribution in [-0.4, -0.2) is 52.6 Å². The zero-order valence-corrected chi connectivity index (χ0v) is 14.8. The van der Waals surface area contributed by atoms with Gasteiger partial charge in [-0.25, -0.2) is 4.99 Å². The third-order valence-corrected chi connectivity index (χ3v) is 4.35. The summed E-state index contributed by atoms with van der Waals surface area (Å²) in [5, 5.41) is 19.9.